The summed E-state index contributed by atoms with van der Waals surface area (Å²) >= 11 is 1.75. The number of carbonyl (C=O) groups excluding carboxylic acids is 1. The van der Waals surface area contributed by atoms with Gasteiger partial charge < -0.3 is 14.4 Å². The van der Waals surface area contributed by atoms with E-state index in [1.807, 2.05) is 59.6 Å². The lowest BCUT2D eigenvalue weighted by Crippen LogP contribution is -2.30. The van der Waals surface area contributed by atoms with Gasteiger partial charge in [-0.2, -0.15) is 5.10 Å². The van der Waals surface area contributed by atoms with Gasteiger partial charge in [0.25, 0.3) is 5.91 Å². The first kappa shape index (κ1) is 18.4. The molecule has 0 bridgehead atoms. The minimum Gasteiger partial charge on any atom is -0.493 e. The summed E-state index contributed by atoms with van der Waals surface area (Å²) in [5, 5.41) is 4.19. The summed E-state index contributed by atoms with van der Waals surface area (Å²) in [6.07, 6.45) is 3.58. The minimum absolute atomic E-state index is 0.0128. The highest BCUT2D eigenvalue weighted by atomic mass is 32.2. The maximum atomic E-state index is 13.3. The summed E-state index contributed by atoms with van der Waals surface area (Å²) in [7, 11) is 3.23. The van der Waals surface area contributed by atoms with E-state index in [1.165, 1.54) is 0 Å². The Morgan fingerprint density at radius 2 is 1.96 bits per heavy atom. The molecule has 28 heavy (non-hydrogen) atoms. The number of ether oxygens (including phenoxy) is 2. The topological polar surface area (TPSA) is 56.6 Å². The van der Waals surface area contributed by atoms with E-state index in [-0.39, 0.29) is 11.3 Å². The molecule has 0 spiro atoms. The van der Waals surface area contributed by atoms with Gasteiger partial charge in [-0.1, -0.05) is 12.1 Å². The normalized spacial score (nSPS) is 16.2. The quantitative estimate of drug-likeness (QED) is 0.658. The molecule has 1 unspecified atom stereocenters. The summed E-state index contributed by atoms with van der Waals surface area (Å²) < 4.78 is 12.5. The second-order valence-electron chi connectivity index (χ2n) is 6.34. The Hall–Kier alpha value is -2.93. The van der Waals surface area contributed by atoms with Crippen molar-refractivity contribution in [1.82, 2.24) is 14.7 Å². The molecular weight excluding hydrogens is 374 g/mol. The lowest BCUT2D eigenvalue weighted by Gasteiger charge is -2.25. The molecule has 1 aromatic heterocycles. The molecular formula is C21H21N3O3S. The highest BCUT2D eigenvalue weighted by Crippen LogP contribution is 2.41. The summed E-state index contributed by atoms with van der Waals surface area (Å²) in [5.41, 5.74) is 2.54. The Bertz CT molecular complexity index is 975. The van der Waals surface area contributed by atoms with E-state index in [2.05, 4.69) is 5.10 Å². The maximum Gasteiger partial charge on any atom is 0.255 e. The van der Waals surface area contributed by atoms with Gasteiger partial charge >= 0.3 is 0 Å². The molecule has 2 heterocycles. The van der Waals surface area contributed by atoms with Gasteiger partial charge in [0.1, 0.15) is 5.37 Å². The predicted octanol–water partition coefficient (Wildman–Crippen LogP) is 3.78. The number of rotatable bonds is 5. The third-order valence-electron chi connectivity index (χ3n) is 4.71. The van der Waals surface area contributed by atoms with Crippen LogP contribution in [-0.4, -0.2) is 47.1 Å². The van der Waals surface area contributed by atoms with Crippen LogP contribution in [0.15, 0.2) is 60.9 Å². The van der Waals surface area contributed by atoms with Crippen LogP contribution in [0, 0.1) is 0 Å². The number of amides is 1. The van der Waals surface area contributed by atoms with Crippen LogP contribution in [-0.2, 0) is 0 Å². The number of hydrogen-bond acceptors (Lipinski definition) is 5. The van der Waals surface area contributed by atoms with Crippen LogP contribution in [0.4, 0.5) is 0 Å². The van der Waals surface area contributed by atoms with Gasteiger partial charge in [-0.05, 0) is 42.0 Å². The van der Waals surface area contributed by atoms with Crippen molar-refractivity contribution in [3.8, 4) is 17.2 Å². The molecule has 144 valence electrons. The van der Waals surface area contributed by atoms with Crippen LogP contribution in [0.25, 0.3) is 5.69 Å². The van der Waals surface area contributed by atoms with Gasteiger partial charge in [-0.3, -0.25) is 4.79 Å². The molecule has 1 saturated heterocycles. The molecule has 1 atom stereocenters. The van der Waals surface area contributed by atoms with Gasteiger partial charge in [-0.15, -0.1) is 11.8 Å². The molecule has 4 rings (SSSR count). The Labute approximate surface area is 168 Å². The zero-order valence-electron chi connectivity index (χ0n) is 15.7. The molecule has 1 amide bonds. The first-order valence-electron chi connectivity index (χ1n) is 8.96. The Kier molecular flexibility index (Phi) is 5.25. The van der Waals surface area contributed by atoms with Crippen molar-refractivity contribution in [2.75, 3.05) is 26.5 Å². The minimum atomic E-state index is -0.0549. The molecule has 0 aliphatic carbocycles. The highest BCUT2D eigenvalue weighted by molar-refractivity contribution is 7.99. The monoisotopic (exact) mass is 395 g/mol. The van der Waals surface area contributed by atoms with Crippen LogP contribution >= 0.6 is 11.8 Å². The summed E-state index contributed by atoms with van der Waals surface area (Å²) in [5.74, 6) is 2.25. The lowest BCUT2D eigenvalue weighted by atomic mass is 10.1. The van der Waals surface area contributed by atoms with Gasteiger partial charge in [-0.25, -0.2) is 4.68 Å². The number of methoxy groups -OCH3 is 2. The third kappa shape index (κ3) is 3.45. The largest absolute Gasteiger partial charge is 0.493 e. The first-order chi connectivity index (χ1) is 13.7. The number of aromatic nitrogens is 2. The highest BCUT2D eigenvalue weighted by Gasteiger charge is 2.32. The molecule has 3 aromatic rings. The molecule has 1 aliphatic heterocycles. The van der Waals surface area contributed by atoms with Crippen molar-refractivity contribution in [1.29, 1.82) is 0 Å². The summed E-state index contributed by atoms with van der Waals surface area (Å²) in [4.78, 5) is 15.2. The van der Waals surface area contributed by atoms with Crippen LogP contribution in [0.2, 0.25) is 0 Å². The van der Waals surface area contributed by atoms with Crippen molar-refractivity contribution in [3.05, 3.63) is 72.1 Å². The smallest absolute Gasteiger partial charge is 0.255 e. The fourth-order valence-electron chi connectivity index (χ4n) is 3.33. The lowest BCUT2D eigenvalue weighted by molar-refractivity contribution is 0.0760. The molecule has 1 fully saturated rings. The van der Waals surface area contributed by atoms with Crippen molar-refractivity contribution in [3.63, 3.8) is 0 Å². The fraction of sp³-hybridized carbons (Fsp3) is 0.238. The summed E-state index contributed by atoms with van der Waals surface area (Å²) in [6, 6.07) is 15.2. The van der Waals surface area contributed by atoms with Gasteiger partial charge in [0.05, 0.1) is 19.9 Å². The zero-order valence-corrected chi connectivity index (χ0v) is 16.6. The van der Waals surface area contributed by atoms with E-state index in [0.717, 1.165) is 17.0 Å². The number of thioether (sulfide) groups is 1. The molecule has 6 nitrogen and oxygen atoms in total. The Balaban J connectivity index is 1.62. The van der Waals surface area contributed by atoms with E-state index in [4.69, 9.17) is 9.47 Å². The third-order valence-corrected chi connectivity index (χ3v) is 5.97. The van der Waals surface area contributed by atoms with Crippen molar-refractivity contribution >= 4 is 17.7 Å². The van der Waals surface area contributed by atoms with E-state index < -0.39 is 0 Å². The predicted molar refractivity (Wildman–Crippen MR) is 109 cm³/mol. The van der Waals surface area contributed by atoms with Gasteiger partial charge in [0, 0.05) is 30.3 Å². The molecule has 2 aromatic carbocycles. The van der Waals surface area contributed by atoms with E-state index in [1.54, 1.807) is 36.9 Å². The first-order valence-corrected chi connectivity index (χ1v) is 10.0. The fourth-order valence-corrected chi connectivity index (χ4v) is 4.57. The molecule has 1 aliphatic rings. The number of nitrogens with zero attached hydrogens (tertiary/aromatic N) is 3. The van der Waals surface area contributed by atoms with Crippen LogP contribution in [0.3, 0.4) is 0 Å². The van der Waals surface area contributed by atoms with Gasteiger partial charge in [0.15, 0.2) is 11.5 Å². The average molecular weight is 395 g/mol. The van der Waals surface area contributed by atoms with E-state index >= 15 is 0 Å². The molecule has 0 saturated carbocycles. The summed E-state index contributed by atoms with van der Waals surface area (Å²) in [6.45, 7) is 0.703. The average Bonchev–Trinajstić information content (AvgIpc) is 3.45. The van der Waals surface area contributed by atoms with Crippen molar-refractivity contribution in [2.24, 2.45) is 0 Å². The number of carbonyl (C=O) groups is 1. The molecule has 0 N–H and O–H groups in total. The number of benzene rings is 2. The van der Waals surface area contributed by atoms with Crippen LogP contribution in [0.1, 0.15) is 21.3 Å². The number of hydrogen-bond donors (Lipinski definition) is 0. The second kappa shape index (κ2) is 7.98. The molecule has 0 radical (unpaired) electrons. The maximum absolute atomic E-state index is 13.3. The SMILES string of the molecule is COc1ccc(C2SCCN2C(=O)c2cccc(-n3cccn3)c2)cc1OC. The van der Waals surface area contributed by atoms with Crippen molar-refractivity contribution in [2.45, 2.75) is 5.37 Å². The van der Waals surface area contributed by atoms with E-state index in [0.29, 0.717) is 23.6 Å². The Morgan fingerprint density at radius 3 is 2.71 bits per heavy atom. The van der Waals surface area contributed by atoms with Crippen molar-refractivity contribution < 1.29 is 14.3 Å². The standard InChI is InChI=1S/C21H21N3O3S/c1-26-18-8-7-16(14-19(18)27-2)21-23(11-12-28-21)20(25)15-5-3-6-17(13-15)24-10-4-9-22-24/h3-10,13-14,21H,11-12H2,1-2H3. The van der Waals surface area contributed by atoms with Crippen LogP contribution in [0.5, 0.6) is 11.5 Å². The van der Waals surface area contributed by atoms with E-state index in [9.17, 15) is 4.79 Å². The van der Waals surface area contributed by atoms with Crippen LogP contribution < -0.4 is 9.47 Å². The second-order valence-corrected chi connectivity index (χ2v) is 7.53. The van der Waals surface area contributed by atoms with Gasteiger partial charge in [0.2, 0.25) is 0 Å². The molecule has 7 heteroatoms. The zero-order chi connectivity index (χ0) is 19.5. The Morgan fingerprint density at radius 1 is 1.11 bits per heavy atom.